The quantitative estimate of drug-likeness (QED) is 0.751. The number of hydrogen-bond donors (Lipinski definition) is 1. The molecule has 1 fully saturated rings. The molecule has 0 spiro atoms. The van der Waals surface area contributed by atoms with E-state index in [1.165, 1.54) is 6.20 Å². The zero-order chi connectivity index (χ0) is 19.7. The minimum absolute atomic E-state index is 0.350. The number of piperidine rings is 1. The van der Waals surface area contributed by atoms with Gasteiger partial charge in [-0.15, -0.1) is 0 Å². The highest BCUT2D eigenvalue weighted by atomic mass is 19.1. The van der Waals surface area contributed by atoms with Crippen LogP contribution in [0.2, 0.25) is 0 Å². The lowest BCUT2D eigenvalue weighted by Crippen LogP contribution is -2.50. The predicted octanol–water partition coefficient (Wildman–Crippen LogP) is 2.10. The first kappa shape index (κ1) is 17.9. The third-order valence-electron chi connectivity index (χ3n) is 4.98. The lowest BCUT2D eigenvalue weighted by Gasteiger charge is -2.34. The van der Waals surface area contributed by atoms with Crippen molar-refractivity contribution in [1.29, 1.82) is 10.5 Å². The molecule has 0 unspecified atom stereocenters. The highest BCUT2D eigenvalue weighted by Crippen LogP contribution is 2.27. The maximum Gasteiger partial charge on any atom is 0.206 e. The Morgan fingerprint density at radius 3 is 2.64 bits per heavy atom. The Balaban J connectivity index is 1.77. The molecule has 1 saturated heterocycles. The van der Waals surface area contributed by atoms with Gasteiger partial charge in [0.05, 0.1) is 46.5 Å². The number of nitrogens with zero attached hydrogens (tertiary/aromatic N) is 6. The fourth-order valence-corrected chi connectivity index (χ4v) is 3.47. The number of fused-ring (bicyclic) bond motifs is 1. The van der Waals surface area contributed by atoms with E-state index in [9.17, 15) is 9.65 Å². The first-order chi connectivity index (χ1) is 13.6. The Hall–Kier alpha value is -3.49. The molecule has 28 heavy (non-hydrogen) atoms. The molecule has 0 radical (unpaired) electrons. The van der Waals surface area contributed by atoms with Gasteiger partial charge in [0.2, 0.25) is 5.95 Å². The van der Waals surface area contributed by atoms with Crippen LogP contribution in [0.5, 0.6) is 0 Å². The molecule has 1 aliphatic rings. The van der Waals surface area contributed by atoms with Crippen molar-refractivity contribution < 1.29 is 4.39 Å². The molecule has 3 aromatic rings. The van der Waals surface area contributed by atoms with Crippen LogP contribution in [0.1, 0.15) is 23.2 Å². The molecule has 0 aliphatic carbocycles. The normalized spacial score (nSPS) is 19.4. The van der Waals surface area contributed by atoms with Gasteiger partial charge in [0.25, 0.3) is 0 Å². The van der Waals surface area contributed by atoms with E-state index < -0.39 is 12.2 Å². The number of pyridine rings is 1. The molecule has 7 nitrogen and oxygen atoms in total. The van der Waals surface area contributed by atoms with Crippen molar-refractivity contribution in [2.45, 2.75) is 25.2 Å². The van der Waals surface area contributed by atoms with E-state index >= 15 is 0 Å². The molecule has 0 saturated carbocycles. The minimum atomic E-state index is -1.01. The summed E-state index contributed by atoms with van der Waals surface area (Å²) >= 11 is 0. The number of benzene rings is 1. The van der Waals surface area contributed by atoms with Crippen LogP contribution in [0, 0.1) is 22.7 Å². The highest BCUT2D eigenvalue weighted by Gasteiger charge is 2.29. The van der Waals surface area contributed by atoms with Crippen molar-refractivity contribution >= 4 is 17.0 Å². The maximum atomic E-state index is 13.8. The summed E-state index contributed by atoms with van der Waals surface area (Å²) in [4.78, 5) is 11.0. The number of halogens is 1. The van der Waals surface area contributed by atoms with Crippen molar-refractivity contribution in [3.63, 3.8) is 0 Å². The van der Waals surface area contributed by atoms with Crippen molar-refractivity contribution in [1.82, 2.24) is 14.5 Å². The van der Waals surface area contributed by atoms with Gasteiger partial charge in [-0.25, -0.2) is 9.37 Å². The Morgan fingerprint density at radius 1 is 1.18 bits per heavy atom. The number of anilines is 1. The van der Waals surface area contributed by atoms with Crippen molar-refractivity contribution in [2.24, 2.45) is 5.73 Å². The molecular formula is C20H18FN7. The molecule has 2 N–H and O–H groups in total. The van der Waals surface area contributed by atoms with Crippen LogP contribution in [-0.4, -0.2) is 39.8 Å². The largest absolute Gasteiger partial charge is 0.340 e. The van der Waals surface area contributed by atoms with Gasteiger partial charge in [-0.3, -0.25) is 4.98 Å². The SMILES string of the molecule is N#Cc1ccc(Cn2c(N3CC[C@H](F)[C@H](N)C3)nc3cc(C#N)ccc32)nc1. The molecular weight excluding hydrogens is 357 g/mol. The fraction of sp³-hybridized carbons (Fsp3) is 0.300. The number of nitrogens with two attached hydrogens (primary N) is 1. The number of nitriles is 2. The highest BCUT2D eigenvalue weighted by molar-refractivity contribution is 5.80. The average molecular weight is 375 g/mol. The summed E-state index contributed by atoms with van der Waals surface area (Å²) < 4.78 is 15.8. The zero-order valence-corrected chi connectivity index (χ0v) is 15.1. The molecule has 0 amide bonds. The first-order valence-corrected chi connectivity index (χ1v) is 8.99. The van der Waals surface area contributed by atoms with Crippen molar-refractivity contribution in [2.75, 3.05) is 18.0 Å². The predicted molar refractivity (Wildman–Crippen MR) is 102 cm³/mol. The van der Waals surface area contributed by atoms with Crippen LogP contribution >= 0.6 is 0 Å². The average Bonchev–Trinajstić information content (AvgIpc) is 3.08. The van der Waals surface area contributed by atoms with Crippen LogP contribution in [0.3, 0.4) is 0 Å². The van der Waals surface area contributed by atoms with E-state index in [4.69, 9.17) is 16.0 Å². The van der Waals surface area contributed by atoms with E-state index in [1.807, 2.05) is 15.5 Å². The maximum absolute atomic E-state index is 13.8. The summed E-state index contributed by atoms with van der Waals surface area (Å²) in [6.07, 6.45) is 0.870. The van der Waals surface area contributed by atoms with Crippen LogP contribution < -0.4 is 10.6 Å². The second-order valence-electron chi connectivity index (χ2n) is 6.88. The number of aromatic nitrogens is 3. The van der Waals surface area contributed by atoms with E-state index in [2.05, 4.69) is 17.1 Å². The Kier molecular flexibility index (Phi) is 4.64. The Morgan fingerprint density at radius 2 is 1.96 bits per heavy atom. The second kappa shape index (κ2) is 7.26. The van der Waals surface area contributed by atoms with Crippen molar-refractivity contribution in [3.8, 4) is 12.1 Å². The van der Waals surface area contributed by atoms with Gasteiger partial charge in [0.1, 0.15) is 12.2 Å². The van der Waals surface area contributed by atoms with Crippen LogP contribution in [0.4, 0.5) is 10.3 Å². The molecule has 8 heteroatoms. The van der Waals surface area contributed by atoms with Crippen molar-refractivity contribution in [3.05, 3.63) is 53.3 Å². The van der Waals surface area contributed by atoms with Gasteiger partial charge >= 0.3 is 0 Å². The van der Waals surface area contributed by atoms with E-state index in [0.29, 0.717) is 48.6 Å². The third-order valence-corrected chi connectivity index (χ3v) is 4.98. The van der Waals surface area contributed by atoms with Crippen LogP contribution in [0.25, 0.3) is 11.0 Å². The Bertz CT molecular complexity index is 1090. The second-order valence-corrected chi connectivity index (χ2v) is 6.88. The zero-order valence-electron chi connectivity index (χ0n) is 15.1. The number of alkyl halides is 1. The third kappa shape index (κ3) is 3.26. The summed E-state index contributed by atoms with van der Waals surface area (Å²) in [6.45, 7) is 1.33. The van der Waals surface area contributed by atoms with Gasteiger partial charge in [-0.2, -0.15) is 10.5 Å². The number of imidazole rings is 1. The summed E-state index contributed by atoms with van der Waals surface area (Å²) in [6, 6.07) is 12.5. The van der Waals surface area contributed by atoms with E-state index in [1.54, 1.807) is 24.3 Å². The van der Waals surface area contributed by atoms with Gasteiger partial charge in [-0.1, -0.05) is 0 Å². The number of rotatable bonds is 3. The summed E-state index contributed by atoms with van der Waals surface area (Å²) in [5, 5.41) is 18.1. The molecule has 4 rings (SSSR count). The smallest absolute Gasteiger partial charge is 0.206 e. The van der Waals surface area contributed by atoms with E-state index in [-0.39, 0.29) is 0 Å². The molecule has 0 bridgehead atoms. The first-order valence-electron chi connectivity index (χ1n) is 8.99. The monoisotopic (exact) mass is 375 g/mol. The van der Waals surface area contributed by atoms with Crippen LogP contribution in [-0.2, 0) is 6.54 Å². The fourth-order valence-electron chi connectivity index (χ4n) is 3.47. The van der Waals surface area contributed by atoms with Gasteiger partial charge in [-0.05, 0) is 36.8 Å². The van der Waals surface area contributed by atoms with Gasteiger partial charge in [0, 0.05) is 19.3 Å². The summed E-state index contributed by atoms with van der Waals surface area (Å²) in [5.41, 5.74) is 9.29. The molecule has 3 heterocycles. The van der Waals surface area contributed by atoms with Gasteiger partial charge < -0.3 is 15.2 Å². The topological polar surface area (TPSA) is 108 Å². The minimum Gasteiger partial charge on any atom is -0.340 e. The summed E-state index contributed by atoms with van der Waals surface area (Å²) in [7, 11) is 0. The molecule has 140 valence electrons. The lowest BCUT2D eigenvalue weighted by atomic mass is 10.1. The lowest BCUT2D eigenvalue weighted by molar-refractivity contribution is 0.243. The van der Waals surface area contributed by atoms with Crippen LogP contribution in [0.15, 0.2) is 36.5 Å². The summed E-state index contributed by atoms with van der Waals surface area (Å²) in [5.74, 6) is 0.679. The Labute approximate surface area is 161 Å². The molecule has 2 atom stereocenters. The molecule has 1 aliphatic heterocycles. The molecule has 2 aromatic heterocycles. The number of hydrogen-bond acceptors (Lipinski definition) is 6. The molecule has 1 aromatic carbocycles. The van der Waals surface area contributed by atoms with E-state index in [0.717, 1.165) is 11.2 Å². The standard InChI is InChI=1S/C20H18FN7/c21-16-5-6-27(12-17(16)24)20-26-18-7-13(8-22)2-4-19(18)28(20)11-15-3-1-14(9-23)10-25-15/h1-4,7,10,16-17H,5-6,11-12,24H2/t16-,17+/m0/s1. The van der Waals surface area contributed by atoms with Gasteiger partial charge in [0.15, 0.2) is 0 Å².